The minimum atomic E-state index is -0.333. The van der Waals surface area contributed by atoms with E-state index in [0.29, 0.717) is 44.9 Å². The Hall–Kier alpha value is -4.03. The lowest BCUT2D eigenvalue weighted by Crippen LogP contribution is -2.20. The number of hydrogen-bond donors (Lipinski definition) is 0. The van der Waals surface area contributed by atoms with Crippen LogP contribution in [0, 0.1) is 9.39 Å². The Balaban J connectivity index is 1.40. The molecule has 0 aliphatic heterocycles. The molecular formula is C31H20BrFIN3O4. The third-order valence-electron chi connectivity index (χ3n) is 6.30. The molecule has 2 heterocycles. The number of halogens is 3. The molecule has 6 rings (SSSR count). The molecule has 0 aliphatic carbocycles. The summed E-state index contributed by atoms with van der Waals surface area (Å²) in [5, 5.41) is 5.84. The van der Waals surface area contributed by atoms with Crippen LogP contribution in [-0.4, -0.2) is 23.0 Å². The van der Waals surface area contributed by atoms with Crippen LogP contribution in [0.25, 0.3) is 33.5 Å². The third-order valence-corrected chi connectivity index (χ3v) is 7.59. The minimum Gasteiger partial charge on any atom is -0.493 e. The highest BCUT2D eigenvalue weighted by Crippen LogP contribution is 2.34. The molecule has 0 fully saturated rings. The van der Waals surface area contributed by atoms with Gasteiger partial charge in [-0.15, -0.1) is 0 Å². The molecule has 0 bridgehead atoms. The smallest absolute Gasteiger partial charge is 0.282 e. The maximum absolute atomic E-state index is 13.6. The predicted molar refractivity (Wildman–Crippen MR) is 168 cm³/mol. The van der Waals surface area contributed by atoms with Crippen LogP contribution in [0.4, 0.5) is 4.39 Å². The van der Waals surface area contributed by atoms with Crippen molar-refractivity contribution < 1.29 is 18.3 Å². The summed E-state index contributed by atoms with van der Waals surface area (Å²) in [5.74, 6) is 1.35. The number of aromatic nitrogens is 2. The van der Waals surface area contributed by atoms with Gasteiger partial charge in [-0.1, -0.05) is 40.2 Å². The van der Waals surface area contributed by atoms with Gasteiger partial charge in [0.15, 0.2) is 17.3 Å². The normalized spacial score (nSPS) is 11.5. The van der Waals surface area contributed by atoms with Crippen LogP contribution in [0.1, 0.15) is 11.1 Å². The number of methoxy groups -OCH3 is 1. The van der Waals surface area contributed by atoms with Gasteiger partial charge in [0.05, 0.1) is 27.8 Å². The fourth-order valence-electron chi connectivity index (χ4n) is 4.38. The van der Waals surface area contributed by atoms with Crippen LogP contribution in [0.15, 0.2) is 104 Å². The Morgan fingerprint density at radius 2 is 1.93 bits per heavy atom. The van der Waals surface area contributed by atoms with E-state index in [1.807, 2.05) is 36.4 Å². The Morgan fingerprint density at radius 3 is 2.76 bits per heavy atom. The van der Waals surface area contributed by atoms with E-state index in [0.717, 1.165) is 13.4 Å². The Kier molecular flexibility index (Phi) is 7.59. The summed E-state index contributed by atoms with van der Waals surface area (Å²) >= 11 is 5.63. The van der Waals surface area contributed by atoms with E-state index in [9.17, 15) is 9.18 Å². The number of hydrogen-bond acceptors (Lipinski definition) is 6. The summed E-state index contributed by atoms with van der Waals surface area (Å²) in [5.41, 5.74) is 2.23. The molecule has 204 valence electrons. The molecule has 41 heavy (non-hydrogen) atoms. The first-order chi connectivity index (χ1) is 19.9. The second kappa shape index (κ2) is 11.5. The van der Waals surface area contributed by atoms with Gasteiger partial charge in [-0.25, -0.2) is 9.37 Å². The molecule has 0 N–H and O–H groups in total. The average molecular weight is 724 g/mol. The van der Waals surface area contributed by atoms with Gasteiger partial charge in [-0.3, -0.25) is 4.79 Å². The van der Waals surface area contributed by atoms with Gasteiger partial charge < -0.3 is 13.9 Å². The van der Waals surface area contributed by atoms with Gasteiger partial charge in [-0.2, -0.15) is 9.78 Å². The van der Waals surface area contributed by atoms with Crippen LogP contribution in [-0.2, 0) is 6.61 Å². The van der Waals surface area contributed by atoms with Gasteiger partial charge in [0.2, 0.25) is 5.82 Å². The number of furan rings is 1. The van der Waals surface area contributed by atoms with Crippen LogP contribution in [0.5, 0.6) is 11.5 Å². The summed E-state index contributed by atoms with van der Waals surface area (Å²) in [6, 6.07) is 24.5. The highest BCUT2D eigenvalue weighted by Gasteiger charge is 2.17. The molecule has 6 aromatic rings. The maximum Gasteiger partial charge on any atom is 0.282 e. The number of nitrogens with zero attached hydrogens (tertiary/aromatic N) is 3. The molecule has 2 aromatic heterocycles. The first-order valence-electron chi connectivity index (χ1n) is 12.4. The molecule has 10 heteroatoms. The molecule has 0 amide bonds. The second-order valence-corrected chi connectivity index (χ2v) is 11.1. The lowest BCUT2D eigenvalue weighted by molar-refractivity contribution is 0.282. The van der Waals surface area contributed by atoms with Crippen molar-refractivity contribution in [2.24, 2.45) is 5.10 Å². The van der Waals surface area contributed by atoms with Crippen LogP contribution < -0.4 is 15.0 Å². The third kappa shape index (κ3) is 5.62. The fourth-order valence-corrected chi connectivity index (χ4v) is 5.54. The van der Waals surface area contributed by atoms with E-state index in [4.69, 9.17) is 18.9 Å². The van der Waals surface area contributed by atoms with Crippen molar-refractivity contribution in [1.82, 2.24) is 9.66 Å². The van der Waals surface area contributed by atoms with E-state index >= 15 is 0 Å². The summed E-state index contributed by atoms with van der Waals surface area (Å²) in [6.07, 6.45) is 1.56. The Morgan fingerprint density at radius 1 is 1.07 bits per heavy atom. The van der Waals surface area contributed by atoms with Gasteiger partial charge in [-0.05, 0) is 94.4 Å². The monoisotopic (exact) mass is 723 g/mol. The van der Waals surface area contributed by atoms with Crippen molar-refractivity contribution in [3.8, 4) is 23.1 Å². The molecule has 4 aromatic carbocycles. The zero-order chi connectivity index (χ0) is 28.5. The summed E-state index contributed by atoms with van der Waals surface area (Å²) in [4.78, 5) is 18.3. The lowest BCUT2D eigenvalue weighted by Gasteiger charge is -2.14. The number of ether oxygens (including phenoxy) is 2. The highest BCUT2D eigenvalue weighted by atomic mass is 127. The highest BCUT2D eigenvalue weighted by molar-refractivity contribution is 14.1. The second-order valence-electron chi connectivity index (χ2n) is 9.06. The quantitative estimate of drug-likeness (QED) is 0.124. The van der Waals surface area contributed by atoms with Gasteiger partial charge in [0.1, 0.15) is 18.0 Å². The van der Waals surface area contributed by atoms with Crippen molar-refractivity contribution in [1.29, 1.82) is 0 Å². The van der Waals surface area contributed by atoms with E-state index in [1.54, 1.807) is 42.6 Å². The standard InChI is InChI=1S/C31H20BrFIN3O4/c1-39-27-13-19(12-24(34)29(27)40-17-18-5-4-6-22(33)11-18)16-35-37-30(36-25-8-3-2-7-23(25)31(37)38)28-15-20-14-21(32)9-10-26(20)41-28/h2-16H,17H2,1H3. The molecule has 0 saturated heterocycles. The Labute approximate surface area is 255 Å². The fraction of sp³-hybridized carbons (Fsp3) is 0.0645. The molecule has 0 aliphatic rings. The van der Waals surface area contributed by atoms with Crippen molar-refractivity contribution in [2.75, 3.05) is 7.11 Å². The lowest BCUT2D eigenvalue weighted by atomic mass is 10.2. The summed E-state index contributed by atoms with van der Waals surface area (Å²) in [6.45, 7) is 0.174. The molecular weight excluding hydrogens is 704 g/mol. The minimum absolute atomic E-state index is 0.174. The largest absolute Gasteiger partial charge is 0.493 e. The zero-order valence-corrected chi connectivity index (χ0v) is 25.2. The van der Waals surface area contributed by atoms with Crippen molar-refractivity contribution >= 4 is 66.6 Å². The summed E-state index contributed by atoms with van der Waals surface area (Å²) in [7, 11) is 1.54. The van der Waals surface area contributed by atoms with Crippen LogP contribution >= 0.6 is 38.5 Å². The number of rotatable bonds is 7. The summed E-state index contributed by atoms with van der Waals surface area (Å²) < 4.78 is 34.1. The van der Waals surface area contributed by atoms with Gasteiger partial charge >= 0.3 is 0 Å². The van der Waals surface area contributed by atoms with Gasteiger partial charge in [0, 0.05) is 9.86 Å². The van der Waals surface area contributed by atoms with E-state index in [2.05, 4.69) is 43.6 Å². The number of fused-ring (bicyclic) bond motifs is 2. The molecule has 0 saturated carbocycles. The van der Waals surface area contributed by atoms with Crippen LogP contribution in [0.2, 0.25) is 0 Å². The predicted octanol–water partition coefficient (Wildman–Crippen LogP) is 7.79. The average Bonchev–Trinajstić information content (AvgIpc) is 3.39. The zero-order valence-electron chi connectivity index (χ0n) is 21.5. The molecule has 0 radical (unpaired) electrons. The van der Waals surface area contributed by atoms with Crippen LogP contribution in [0.3, 0.4) is 0 Å². The topological polar surface area (TPSA) is 78.9 Å². The SMILES string of the molecule is COc1cc(C=Nn2c(-c3cc4cc(Br)ccc4o3)nc3ccccc3c2=O)cc(I)c1OCc1cccc(F)c1. The maximum atomic E-state index is 13.6. The first-order valence-corrected chi connectivity index (χ1v) is 14.3. The Bertz CT molecular complexity index is 2020. The molecule has 0 unspecified atom stereocenters. The first kappa shape index (κ1) is 27.2. The van der Waals surface area contributed by atoms with E-state index < -0.39 is 0 Å². The van der Waals surface area contributed by atoms with E-state index in [-0.39, 0.29) is 23.8 Å². The van der Waals surface area contributed by atoms with Crippen molar-refractivity contribution in [2.45, 2.75) is 6.61 Å². The molecule has 0 spiro atoms. The van der Waals surface area contributed by atoms with Gasteiger partial charge in [0.25, 0.3) is 5.56 Å². The van der Waals surface area contributed by atoms with E-state index in [1.165, 1.54) is 23.9 Å². The number of benzene rings is 4. The van der Waals surface area contributed by atoms with Crippen molar-refractivity contribution in [3.05, 3.63) is 120 Å². The molecule has 0 atom stereocenters. The molecule has 7 nitrogen and oxygen atoms in total. The van der Waals surface area contributed by atoms with Crippen molar-refractivity contribution in [3.63, 3.8) is 0 Å². The number of para-hydroxylation sites is 1.